The third kappa shape index (κ3) is 3.70. The highest BCUT2D eigenvalue weighted by molar-refractivity contribution is 5.48. The molecule has 0 bridgehead atoms. The number of nitrogens with zero attached hydrogens (tertiary/aromatic N) is 5. The van der Waals surface area contributed by atoms with Gasteiger partial charge < -0.3 is 19.0 Å². The molecule has 0 radical (unpaired) electrons. The summed E-state index contributed by atoms with van der Waals surface area (Å²) in [7, 11) is 0. The third-order valence-electron chi connectivity index (χ3n) is 5.33. The first-order valence-electron chi connectivity index (χ1n) is 9.45. The number of oxazole rings is 1. The molecule has 8 nitrogen and oxygen atoms in total. The lowest BCUT2D eigenvalue weighted by atomic mass is 10.1. The van der Waals surface area contributed by atoms with Gasteiger partial charge in [-0.15, -0.1) is 0 Å². The van der Waals surface area contributed by atoms with E-state index < -0.39 is 12.2 Å². The monoisotopic (exact) mass is 413 g/mol. The lowest BCUT2D eigenvalue weighted by Gasteiger charge is -2.42. The molecule has 158 valence electrons. The van der Waals surface area contributed by atoms with E-state index in [-0.39, 0.29) is 49.0 Å². The van der Waals surface area contributed by atoms with Crippen molar-refractivity contribution < 1.29 is 22.3 Å². The van der Waals surface area contributed by atoms with Gasteiger partial charge in [0.05, 0.1) is 38.0 Å². The van der Waals surface area contributed by atoms with Gasteiger partial charge in [-0.1, -0.05) is 0 Å². The first-order chi connectivity index (χ1) is 13.8. The molecule has 0 aromatic carbocycles. The number of hydrogen-bond donors (Lipinski definition) is 0. The third-order valence-corrected chi connectivity index (χ3v) is 5.33. The lowest BCUT2D eigenvalue weighted by Crippen LogP contribution is -2.53. The Morgan fingerprint density at radius 1 is 1.24 bits per heavy atom. The van der Waals surface area contributed by atoms with Gasteiger partial charge in [-0.05, 0) is 20.3 Å². The average molecular weight is 413 g/mol. The number of aromatic nitrogens is 3. The van der Waals surface area contributed by atoms with Crippen LogP contribution in [0.25, 0.3) is 0 Å². The van der Waals surface area contributed by atoms with Crippen molar-refractivity contribution in [3.63, 3.8) is 0 Å². The number of anilines is 2. The van der Waals surface area contributed by atoms with Crippen LogP contribution >= 0.6 is 0 Å². The Hall–Kier alpha value is -2.56. The Morgan fingerprint density at radius 2 is 1.97 bits per heavy atom. The molecule has 1 fully saturated rings. The van der Waals surface area contributed by atoms with Crippen LogP contribution in [0.1, 0.15) is 26.2 Å². The Balaban J connectivity index is 1.80. The van der Waals surface area contributed by atoms with Crippen molar-refractivity contribution in [2.24, 2.45) is 0 Å². The van der Waals surface area contributed by atoms with Gasteiger partial charge in [0.1, 0.15) is 18.1 Å². The predicted octanol–water partition coefficient (Wildman–Crippen LogP) is 2.19. The van der Waals surface area contributed by atoms with Crippen LogP contribution in [0.3, 0.4) is 0 Å². The second kappa shape index (κ2) is 7.36. The highest BCUT2D eigenvalue weighted by Crippen LogP contribution is 2.35. The molecule has 0 amide bonds. The molecule has 29 heavy (non-hydrogen) atoms. The van der Waals surface area contributed by atoms with Gasteiger partial charge in [0.2, 0.25) is 11.8 Å². The van der Waals surface area contributed by atoms with E-state index >= 15 is 0 Å². The van der Waals surface area contributed by atoms with Crippen molar-refractivity contribution in [2.45, 2.75) is 57.7 Å². The van der Waals surface area contributed by atoms with Crippen molar-refractivity contribution in [1.82, 2.24) is 14.5 Å². The summed E-state index contributed by atoms with van der Waals surface area (Å²) in [6.45, 7) is 4.48. The fourth-order valence-electron chi connectivity index (χ4n) is 4.04. The second-order valence-electron chi connectivity index (χ2n) is 7.45. The smallest absolute Gasteiger partial charge is 0.408 e. The fourth-order valence-corrected chi connectivity index (χ4v) is 4.04. The highest BCUT2D eigenvalue weighted by atomic mass is 19.4. The molecule has 4 heterocycles. The van der Waals surface area contributed by atoms with Gasteiger partial charge in [-0.25, -0.2) is 4.98 Å². The predicted molar refractivity (Wildman–Crippen MR) is 97.9 cm³/mol. The van der Waals surface area contributed by atoms with E-state index in [0.717, 1.165) is 4.90 Å². The molecule has 0 aliphatic carbocycles. The second-order valence-corrected chi connectivity index (χ2v) is 7.45. The molecule has 2 aliphatic heterocycles. The van der Waals surface area contributed by atoms with Gasteiger partial charge in [0.25, 0.3) is 5.56 Å². The molecule has 2 aliphatic rings. The molecule has 2 aromatic rings. The molecule has 4 rings (SSSR count). The molecule has 1 saturated heterocycles. The molecular weight excluding hydrogens is 391 g/mol. The summed E-state index contributed by atoms with van der Waals surface area (Å²) >= 11 is 0. The summed E-state index contributed by atoms with van der Waals surface area (Å²) in [4.78, 5) is 24.2. The normalized spacial score (nSPS) is 25.2. The Labute approximate surface area is 164 Å². The van der Waals surface area contributed by atoms with Crippen molar-refractivity contribution in [3.8, 4) is 0 Å². The largest absolute Gasteiger partial charge is 0.447 e. The molecule has 0 saturated carbocycles. The number of ether oxygens (including phenoxy) is 1. The van der Waals surface area contributed by atoms with Crippen LogP contribution in [0.2, 0.25) is 0 Å². The Kier molecular flexibility index (Phi) is 5.01. The van der Waals surface area contributed by atoms with Crippen LogP contribution in [-0.4, -0.2) is 52.1 Å². The molecule has 11 heteroatoms. The fraction of sp³-hybridized carbons (Fsp3) is 0.611. The number of hydrogen-bond acceptors (Lipinski definition) is 7. The van der Waals surface area contributed by atoms with Gasteiger partial charge in [-0.3, -0.25) is 9.36 Å². The summed E-state index contributed by atoms with van der Waals surface area (Å²) in [5.74, 6) is 0.454. The summed E-state index contributed by atoms with van der Waals surface area (Å²) < 4.78 is 53.2. The quantitative estimate of drug-likeness (QED) is 0.763. The lowest BCUT2D eigenvalue weighted by molar-refractivity contribution is -0.153. The molecule has 3 atom stereocenters. The molecular formula is C18H22F3N5O3. The Morgan fingerprint density at radius 3 is 2.59 bits per heavy atom. The van der Waals surface area contributed by atoms with Crippen LogP contribution in [0.4, 0.5) is 24.9 Å². The maximum Gasteiger partial charge on any atom is 0.408 e. The Bertz CT molecular complexity index is 904. The van der Waals surface area contributed by atoms with E-state index in [9.17, 15) is 18.0 Å². The molecule has 0 spiro atoms. The van der Waals surface area contributed by atoms with Crippen molar-refractivity contribution >= 4 is 11.8 Å². The number of morpholine rings is 1. The zero-order valence-electron chi connectivity index (χ0n) is 16.1. The van der Waals surface area contributed by atoms with Crippen LogP contribution in [0, 0.1) is 0 Å². The number of alkyl halides is 3. The standard InChI is InChI=1S/C18H22F3N5O3/c1-11-9-28-10-12(2)26(11)14-7-16(27)24-5-3-13(18(19,20)21)25(17(24)23-14)8-15-22-4-6-29-15/h4,6-7,11-13H,3,5,8-10H2,1-2H3/t11-,12-,13?/m1/s1. The summed E-state index contributed by atoms with van der Waals surface area (Å²) in [5.41, 5.74) is -0.381. The van der Waals surface area contributed by atoms with Crippen LogP contribution < -0.4 is 15.4 Å². The zero-order valence-corrected chi connectivity index (χ0v) is 16.1. The van der Waals surface area contributed by atoms with Gasteiger partial charge in [0.15, 0.2) is 0 Å². The number of fused-ring (bicyclic) bond motifs is 1. The van der Waals surface area contributed by atoms with Gasteiger partial charge in [0, 0.05) is 12.6 Å². The van der Waals surface area contributed by atoms with Gasteiger partial charge >= 0.3 is 6.18 Å². The average Bonchev–Trinajstić information content (AvgIpc) is 3.14. The maximum atomic E-state index is 13.8. The van der Waals surface area contributed by atoms with Gasteiger partial charge in [-0.2, -0.15) is 18.2 Å². The SMILES string of the molecule is C[C@@H]1COC[C@@H](C)N1c1cc(=O)n2c(n1)N(Cc1ncco1)C(C(F)(F)F)CC2. The summed E-state index contributed by atoms with van der Waals surface area (Å²) in [6.07, 6.45) is -2.06. The van der Waals surface area contributed by atoms with Crippen molar-refractivity contribution in [1.29, 1.82) is 0 Å². The minimum Gasteiger partial charge on any atom is -0.447 e. The van der Waals surface area contributed by atoms with E-state index in [4.69, 9.17) is 9.15 Å². The minimum absolute atomic E-state index is 0.0230. The first kappa shape index (κ1) is 19.7. The molecule has 2 aromatic heterocycles. The topological polar surface area (TPSA) is 76.6 Å². The van der Waals surface area contributed by atoms with E-state index in [1.807, 2.05) is 18.7 Å². The van der Waals surface area contributed by atoms with E-state index in [0.29, 0.717) is 19.0 Å². The number of halogens is 3. The summed E-state index contributed by atoms with van der Waals surface area (Å²) in [5, 5.41) is 0. The minimum atomic E-state index is -4.48. The zero-order chi connectivity index (χ0) is 20.8. The van der Waals surface area contributed by atoms with Crippen molar-refractivity contribution in [3.05, 3.63) is 34.8 Å². The van der Waals surface area contributed by atoms with E-state index in [1.54, 1.807) is 0 Å². The maximum absolute atomic E-state index is 13.8. The van der Waals surface area contributed by atoms with Crippen molar-refractivity contribution in [2.75, 3.05) is 23.0 Å². The van der Waals surface area contributed by atoms with Crippen LogP contribution in [0.5, 0.6) is 0 Å². The number of rotatable bonds is 3. The summed E-state index contributed by atoms with van der Waals surface area (Å²) in [6, 6.07) is -0.512. The highest BCUT2D eigenvalue weighted by Gasteiger charge is 2.47. The van der Waals surface area contributed by atoms with Crippen LogP contribution in [0.15, 0.2) is 27.7 Å². The van der Waals surface area contributed by atoms with E-state index in [2.05, 4.69) is 9.97 Å². The molecule has 0 N–H and O–H groups in total. The van der Waals surface area contributed by atoms with Crippen LogP contribution in [-0.2, 0) is 17.8 Å². The molecule has 1 unspecified atom stereocenters. The van der Waals surface area contributed by atoms with E-state index in [1.165, 1.54) is 23.1 Å². The first-order valence-corrected chi connectivity index (χ1v) is 9.45.